The summed E-state index contributed by atoms with van der Waals surface area (Å²) >= 11 is 1.26. The minimum Gasteiger partial charge on any atom is -0.378 e. The molecular formula is C16H23N5O2S. The van der Waals surface area contributed by atoms with Gasteiger partial charge in [0.2, 0.25) is 5.91 Å². The van der Waals surface area contributed by atoms with Crippen LogP contribution in [0.5, 0.6) is 0 Å². The monoisotopic (exact) mass is 349 g/mol. The van der Waals surface area contributed by atoms with E-state index in [1.165, 1.54) is 11.8 Å². The Bertz CT molecular complexity index is 721. The Morgan fingerprint density at radius 3 is 2.67 bits per heavy atom. The van der Waals surface area contributed by atoms with Gasteiger partial charge in [0.1, 0.15) is 0 Å². The van der Waals surface area contributed by atoms with E-state index in [2.05, 4.69) is 15.5 Å². The number of thioether (sulfide) groups is 1. The average Bonchev–Trinajstić information content (AvgIpc) is 2.92. The number of anilines is 1. The second-order valence-corrected chi connectivity index (χ2v) is 6.53. The van der Waals surface area contributed by atoms with Crippen molar-refractivity contribution in [2.24, 2.45) is 0 Å². The Morgan fingerprint density at radius 1 is 1.33 bits per heavy atom. The van der Waals surface area contributed by atoms with Crippen LogP contribution in [-0.2, 0) is 17.9 Å². The molecule has 0 aliphatic heterocycles. The van der Waals surface area contributed by atoms with Crippen LogP contribution in [0.1, 0.15) is 18.9 Å². The maximum atomic E-state index is 12.0. The third-order valence-electron chi connectivity index (χ3n) is 3.45. The van der Waals surface area contributed by atoms with Crippen molar-refractivity contribution in [3.63, 3.8) is 0 Å². The lowest BCUT2D eigenvalue weighted by Gasteiger charge is -2.12. The Labute approximate surface area is 145 Å². The number of nitrogens with zero attached hydrogens (tertiary/aromatic N) is 3. The van der Waals surface area contributed by atoms with Gasteiger partial charge in [0.05, 0.1) is 5.75 Å². The summed E-state index contributed by atoms with van der Waals surface area (Å²) in [4.78, 5) is 25.6. The summed E-state index contributed by atoms with van der Waals surface area (Å²) in [5.74, 6) is 0.138. The second kappa shape index (κ2) is 8.58. The van der Waals surface area contributed by atoms with Crippen LogP contribution in [0.3, 0.4) is 0 Å². The smallest absolute Gasteiger partial charge is 0.343 e. The number of hydrogen-bond acceptors (Lipinski definition) is 5. The molecule has 0 radical (unpaired) electrons. The first-order valence-electron chi connectivity index (χ1n) is 7.82. The molecule has 1 amide bonds. The van der Waals surface area contributed by atoms with Crippen LogP contribution in [0, 0.1) is 0 Å². The summed E-state index contributed by atoms with van der Waals surface area (Å²) in [7, 11) is 3.97. The Hall–Kier alpha value is -2.22. The van der Waals surface area contributed by atoms with Gasteiger partial charge in [-0.3, -0.25) is 9.36 Å². The number of aromatic amines is 1. The van der Waals surface area contributed by atoms with Crippen LogP contribution in [0.25, 0.3) is 0 Å². The molecule has 0 aliphatic carbocycles. The molecule has 130 valence electrons. The van der Waals surface area contributed by atoms with Crippen molar-refractivity contribution in [2.75, 3.05) is 24.7 Å². The van der Waals surface area contributed by atoms with E-state index < -0.39 is 0 Å². The maximum absolute atomic E-state index is 12.0. The zero-order chi connectivity index (χ0) is 17.5. The molecule has 0 fully saturated rings. The predicted octanol–water partition coefficient (Wildman–Crippen LogP) is 1.46. The largest absolute Gasteiger partial charge is 0.378 e. The van der Waals surface area contributed by atoms with Crippen molar-refractivity contribution in [3.05, 3.63) is 40.3 Å². The third-order valence-corrected chi connectivity index (χ3v) is 4.42. The summed E-state index contributed by atoms with van der Waals surface area (Å²) in [5.41, 5.74) is 1.93. The number of H-pyrrole nitrogens is 1. The van der Waals surface area contributed by atoms with Crippen LogP contribution < -0.4 is 15.9 Å². The number of hydrogen-bond donors (Lipinski definition) is 2. The van der Waals surface area contributed by atoms with E-state index in [1.54, 1.807) is 4.57 Å². The summed E-state index contributed by atoms with van der Waals surface area (Å²) < 4.78 is 1.55. The fraction of sp³-hybridized carbons (Fsp3) is 0.438. The minimum absolute atomic E-state index is 0.0878. The zero-order valence-electron chi connectivity index (χ0n) is 14.2. The lowest BCUT2D eigenvalue weighted by Crippen LogP contribution is -2.25. The van der Waals surface area contributed by atoms with E-state index >= 15 is 0 Å². The molecule has 1 heterocycles. The fourth-order valence-electron chi connectivity index (χ4n) is 2.13. The number of carbonyl (C=O) groups excluding carboxylic acids is 1. The molecule has 2 aromatic rings. The highest BCUT2D eigenvalue weighted by molar-refractivity contribution is 7.99. The van der Waals surface area contributed by atoms with Gasteiger partial charge in [-0.1, -0.05) is 30.8 Å². The zero-order valence-corrected chi connectivity index (χ0v) is 15.0. The van der Waals surface area contributed by atoms with Crippen LogP contribution >= 0.6 is 11.8 Å². The number of rotatable bonds is 8. The molecule has 0 spiro atoms. The molecule has 1 aromatic carbocycles. The van der Waals surface area contributed by atoms with E-state index in [1.807, 2.05) is 50.2 Å². The van der Waals surface area contributed by atoms with E-state index in [0.29, 0.717) is 18.2 Å². The van der Waals surface area contributed by atoms with Crippen LogP contribution in [0.15, 0.2) is 34.2 Å². The number of aromatic nitrogens is 3. The minimum atomic E-state index is -0.235. The van der Waals surface area contributed by atoms with Gasteiger partial charge in [-0.05, 0) is 24.1 Å². The van der Waals surface area contributed by atoms with Crippen molar-refractivity contribution in [1.82, 2.24) is 20.1 Å². The second-order valence-electron chi connectivity index (χ2n) is 5.59. The highest BCUT2D eigenvalue weighted by Crippen LogP contribution is 2.14. The van der Waals surface area contributed by atoms with Crippen LogP contribution in [0.4, 0.5) is 5.69 Å². The molecule has 0 aliphatic rings. The molecule has 7 nitrogen and oxygen atoms in total. The summed E-state index contributed by atoms with van der Waals surface area (Å²) in [5, 5.41) is 9.80. The molecule has 0 atom stereocenters. The molecule has 1 aromatic heterocycles. The van der Waals surface area contributed by atoms with Crippen molar-refractivity contribution < 1.29 is 4.79 Å². The van der Waals surface area contributed by atoms with Gasteiger partial charge in [-0.2, -0.15) is 0 Å². The standard InChI is InChI=1S/C16H23N5O2S/c1-4-9-21-15(23)18-19-16(21)24-11-14(22)17-10-12-5-7-13(8-6-12)20(2)3/h5-8H,4,9-11H2,1-3H3,(H,17,22)(H,18,23). The number of amides is 1. The van der Waals surface area contributed by atoms with Gasteiger partial charge in [0, 0.05) is 32.9 Å². The molecule has 0 saturated heterocycles. The van der Waals surface area contributed by atoms with Gasteiger partial charge in [0.25, 0.3) is 0 Å². The van der Waals surface area contributed by atoms with Gasteiger partial charge >= 0.3 is 5.69 Å². The SMILES string of the molecule is CCCn1c(SCC(=O)NCc2ccc(N(C)C)cc2)n[nH]c1=O. The summed E-state index contributed by atoms with van der Waals surface area (Å²) in [6.07, 6.45) is 0.835. The molecule has 8 heteroatoms. The molecule has 24 heavy (non-hydrogen) atoms. The van der Waals surface area contributed by atoms with Gasteiger partial charge in [-0.25, -0.2) is 9.89 Å². The highest BCUT2D eigenvalue weighted by atomic mass is 32.2. The van der Waals surface area contributed by atoms with Crippen LogP contribution in [-0.4, -0.2) is 40.5 Å². The molecule has 2 rings (SSSR count). The predicted molar refractivity (Wildman–Crippen MR) is 96.5 cm³/mol. The van der Waals surface area contributed by atoms with Crippen molar-refractivity contribution >= 4 is 23.4 Å². The molecule has 0 bridgehead atoms. The molecule has 2 N–H and O–H groups in total. The normalized spacial score (nSPS) is 10.6. The summed E-state index contributed by atoms with van der Waals surface area (Å²) in [6, 6.07) is 8.03. The lowest BCUT2D eigenvalue weighted by molar-refractivity contribution is -0.118. The highest BCUT2D eigenvalue weighted by Gasteiger charge is 2.10. The third kappa shape index (κ3) is 4.89. The maximum Gasteiger partial charge on any atom is 0.343 e. The van der Waals surface area contributed by atoms with Gasteiger partial charge in [0.15, 0.2) is 5.16 Å². The lowest BCUT2D eigenvalue weighted by atomic mass is 10.2. The van der Waals surface area contributed by atoms with E-state index in [0.717, 1.165) is 17.7 Å². The molecule has 0 unspecified atom stereocenters. The first kappa shape index (κ1) is 18.1. The number of nitrogens with one attached hydrogen (secondary N) is 2. The first-order chi connectivity index (χ1) is 11.5. The average molecular weight is 349 g/mol. The number of benzene rings is 1. The first-order valence-corrected chi connectivity index (χ1v) is 8.80. The van der Waals surface area contributed by atoms with Gasteiger partial charge < -0.3 is 10.2 Å². The Balaban J connectivity index is 1.82. The Morgan fingerprint density at radius 2 is 2.04 bits per heavy atom. The van der Waals surface area contributed by atoms with Crippen LogP contribution in [0.2, 0.25) is 0 Å². The topological polar surface area (TPSA) is 83.0 Å². The summed E-state index contributed by atoms with van der Waals surface area (Å²) in [6.45, 7) is 3.06. The Kier molecular flexibility index (Phi) is 6.48. The van der Waals surface area contributed by atoms with E-state index in [9.17, 15) is 9.59 Å². The van der Waals surface area contributed by atoms with Crippen molar-refractivity contribution in [2.45, 2.75) is 31.6 Å². The quantitative estimate of drug-likeness (QED) is 0.705. The van der Waals surface area contributed by atoms with E-state index in [4.69, 9.17) is 0 Å². The number of carbonyl (C=O) groups is 1. The molecular weight excluding hydrogens is 326 g/mol. The fourth-order valence-corrected chi connectivity index (χ4v) is 2.93. The van der Waals surface area contributed by atoms with Gasteiger partial charge in [-0.15, -0.1) is 5.10 Å². The van der Waals surface area contributed by atoms with E-state index in [-0.39, 0.29) is 17.3 Å². The molecule has 0 saturated carbocycles. The van der Waals surface area contributed by atoms with Crippen molar-refractivity contribution in [1.29, 1.82) is 0 Å². The van der Waals surface area contributed by atoms with Crippen molar-refractivity contribution in [3.8, 4) is 0 Å².